The molecule has 1 amide bonds. The number of rotatable bonds is 4. The van der Waals surface area contributed by atoms with Gasteiger partial charge in [0.15, 0.2) is 0 Å². The van der Waals surface area contributed by atoms with Crippen molar-refractivity contribution in [3.8, 4) is 5.75 Å². The molecule has 1 heterocycles. The summed E-state index contributed by atoms with van der Waals surface area (Å²) in [7, 11) is 1.61. The van der Waals surface area contributed by atoms with Gasteiger partial charge in [-0.25, -0.2) is 0 Å². The first-order valence-electron chi connectivity index (χ1n) is 5.98. The van der Waals surface area contributed by atoms with Crippen molar-refractivity contribution < 1.29 is 14.3 Å². The Bertz CT molecular complexity index is 484. The zero-order chi connectivity index (χ0) is 13.3. The van der Waals surface area contributed by atoms with E-state index in [9.17, 15) is 9.59 Å². The second-order valence-corrected chi connectivity index (χ2v) is 4.65. The SMILES string of the molecule is COc1cccc(CN2C(=O)[C@H](C(C)=O)[C@H]2C)c1. The maximum Gasteiger partial charge on any atom is 0.235 e. The number of hydrogen-bond donors (Lipinski definition) is 0. The molecule has 1 aromatic rings. The molecule has 0 radical (unpaired) electrons. The lowest BCUT2D eigenvalue weighted by Crippen LogP contribution is -2.61. The Morgan fingerprint density at radius 1 is 1.44 bits per heavy atom. The number of ketones is 1. The van der Waals surface area contributed by atoms with Gasteiger partial charge in [-0.2, -0.15) is 0 Å². The molecule has 2 atom stereocenters. The lowest BCUT2D eigenvalue weighted by molar-refractivity contribution is -0.160. The van der Waals surface area contributed by atoms with Crippen LogP contribution in [-0.2, 0) is 16.1 Å². The lowest BCUT2D eigenvalue weighted by atomic mass is 9.85. The number of carbonyl (C=O) groups is 2. The van der Waals surface area contributed by atoms with Gasteiger partial charge in [0, 0.05) is 12.6 Å². The predicted molar refractivity (Wildman–Crippen MR) is 67.2 cm³/mol. The quantitative estimate of drug-likeness (QED) is 0.600. The van der Waals surface area contributed by atoms with Gasteiger partial charge in [0.25, 0.3) is 0 Å². The first-order chi connectivity index (χ1) is 8.54. The Labute approximate surface area is 107 Å². The molecule has 1 aliphatic heterocycles. The minimum Gasteiger partial charge on any atom is -0.497 e. The zero-order valence-electron chi connectivity index (χ0n) is 10.8. The van der Waals surface area contributed by atoms with Gasteiger partial charge >= 0.3 is 0 Å². The zero-order valence-corrected chi connectivity index (χ0v) is 10.8. The summed E-state index contributed by atoms with van der Waals surface area (Å²) in [6.45, 7) is 3.91. The Balaban J connectivity index is 2.07. The number of β-lactam (4-membered cyclic amide) rings is 1. The number of nitrogens with zero attached hydrogens (tertiary/aromatic N) is 1. The minimum absolute atomic E-state index is 0.0128. The molecule has 1 aromatic carbocycles. The normalized spacial score (nSPS) is 22.6. The fourth-order valence-electron chi connectivity index (χ4n) is 2.39. The molecule has 2 rings (SSSR count). The average Bonchev–Trinajstić information content (AvgIpc) is 2.36. The lowest BCUT2D eigenvalue weighted by Gasteiger charge is -2.44. The van der Waals surface area contributed by atoms with Crippen molar-refractivity contribution in [2.45, 2.75) is 26.4 Å². The first kappa shape index (κ1) is 12.6. The number of carbonyl (C=O) groups excluding carboxylic acids is 2. The highest BCUT2D eigenvalue weighted by molar-refractivity contribution is 6.05. The summed E-state index contributed by atoms with van der Waals surface area (Å²) in [5, 5.41) is 0. The van der Waals surface area contributed by atoms with Gasteiger partial charge in [-0.15, -0.1) is 0 Å². The molecule has 1 saturated heterocycles. The van der Waals surface area contributed by atoms with E-state index in [1.807, 2.05) is 31.2 Å². The van der Waals surface area contributed by atoms with E-state index in [4.69, 9.17) is 4.74 Å². The van der Waals surface area contributed by atoms with Crippen molar-refractivity contribution >= 4 is 11.7 Å². The molecular weight excluding hydrogens is 230 g/mol. The predicted octanol–water partition coefficient (Wildman–Crippen LogP) is 1.63. The number of benzene rings is 1. The van der Waals surface area contributed by atoms with Gasteiger partial charge in [-0.1, -0.05) is 12.1 Å². The van der Waals surface area contributed by atoms with Gasteiger partial charge in [-0.3, -0.25) is 9.59 Å². The van der Waals surface area contributed by atoms with Crippen molar-refractivity contribution in [3.63, 3.8) is 0 Å². The van der Waals surface area contributed by atoms with Crippen LogP contribution < -0.4 is 4.74 Å². The van der Waals surface area contributed by atoms with Crippen LogP contribution >= 0.6 is 0 Å². The van der Waals surface area contributed by atoms with E-state index >= 15 is 0 Å². The summed E-state index contributed by atoms with van der Waals surface area (Å²) in [6, 6.07) is 7.60. The van der Waals surface area contributed by atoms with Crippen LogP contribution in [0.2, 0.25) is 0 Å². The Morgan fingerprint density at radius 3 is 2.72 bits per heavy atom. The fraction of sp³-hybridized carbons (Fsp3) is 0.429. The summed E-state index contributed by atoms with van der Waals surface area (Å²) < 4.78 is 5.14. The topological polar surface area (TPSA) is 46.6 Å². The molecule has 0 unspecified atom stereocenters. The molecule has 0 aromatic heterocycles. The van der Waals surface area contributed by atoms with Gasteiger partial charge in [0.2, 0.25) is 5.91 Å². The number of methoxy groups -OCH3 is 1. The molecule has 0 N–H and O–H groups in total. The van der Waals surface area contributed by atoms with Crippen molar-refractivity contribution in [2.24, 2.45) is 5.92 Å². The van der Waals surface area contributed by atoms with Crippen LogP contribution in [-0.4, -0.2) is 29.7 Å². The van der Waals surface area contributed by atoms with Crippen LogP contribution in [0.25, 0.3) is 0 Å². The van der Waals surface area contributed by atoms with E-state index in [1.54, 1.807) is 12.0 Å². The van der Waals surface area contributed by atoms with Crippen molar-refractivity contribution in [2.75, 3.05) is 7.11 Å². The molecule has 96 valence electrons. The van der Waals surface area contributed by atoms with Gasteiger partial charge in [0.05, 0.1) is 7.11 Å². The number of hydrogen-bond acceptors (Lipinski definition) is 3. The van der Waals surface area contributed by atoms with Crippen LogP contribution in [0.4, 0.5) is 0 Å². The molecule has 18 heavy (non-hydrogen) atoms. The summed E-state index contributed by atoms with van der Waals surface area (Å²) in [5.74, 6) is 0.207. The molecule has 1 aliphatic rings. The molecule has 0 spiro atoms. The summed E-state index contributed by atoms with van der Waals surface area (Å²) in [4.78, 5) is 24.8. The van der Waals surface area contributed by atoms with Crippen LogP contribution in [0.1, 0.15) is 19.4 Å². The second kappa shape index (κ2) is 4.80. The summed E-state index contributed by atoms with van der Waals surface area (Å²) >= 11 is 0. The Kier molecular flexibility index (Phi) is 3.36. The highest BCUT2D eigenvalue weighted by Crippen LogP contribution is 2.29. The van der Waals surface area contributed by atoms with Crippen molar-refractivity contribution in [1.29, 1.82) is 0 Å². The van der Waals surface area contributed by atoms with E-state index in [0.717, 1.165) is 11.3 Å². The highest BCUT2D eigenvalue weighted by atomic mass is 16.5. The van der Waals surface area contributed by atoms with Crippen LogP contribution in [0.5, 0.6) is 5.75 Å². The van der Waals surface area contributed by atoms with Gasteiger partial charge in [-0.05, 0) is 31.5 Å². The minimum atomic E-state index is -0.449. The second-order valence-electron chi connectivity index (χ2n) is 4.65. The van der Waals surface area contributed by atoms with E-state index in [-0.39, 0.29) is 17.7 Å². The molecule has 0 bridgehead atoms. The standard InChI is InChI=1S/C14H17NO3/c1-9-13(10(2)16)14(17)15(9)8-11-5-4-6-12(7-11)18-3/h4-7,9,13H,8H2,1-3H3/t9-,13+/m1/s1. The van der Waals surface area contributed by atoms with E-state index in [2.05, 4.69) is 0 Å². The third-order valence-electron chi connectivity index (χ3n) is 3.45. The maximum atomic E-state index is 11.8. The van der Waals surface area contributed by atoms with E-state index in [0.29, 0.717) is 6.54 Å². The van der Waals surface area contributed by atoms with Crippen molar-refractivity contribution in [1.82, 2.24) is 4.90 Å². The van der Waals surface area contributed by atoms with E-state index in [1.165, 1.54) is 6.92 Å². The fourth-order valence-corrected chi connectivity index (χ4v) is 2.39. The van der Waals surface area contributed by atoms with Gasteiger partial charge in [0.1, 0.15) is 17.5 Å². The molecule has 0 saturated carbocycles. The summed E-state index contributed by atoms with van der Waals surface area (Å²) in [6.07, 6.45) is 0. The third kappa shape index (κ3) is 2.10. The smallest absolute Gasteiger partial charge is 0.235 e. The average molecular weight is 247 g/mol. The van der Waals surface area contributed by atoms with E-state index < -0.39 is 5.92 Å². The molecule has 4 nitrogen and oxygen atoms in total. The third-order valence-corrected chi connectivity index (χ3v) is 3.45. The number of ether oxygens (including phenoxy) is 1. The van der Waals surface area contributed by atoms with Gasteiger partial charge < -0.3 is 9.64 Å². The monoisotopic (exact) mass is 247 g/mol. The largest absolute Gasteiger partial charge is 0.497 e. The molecule has 0 aliphatic carbocycles. The molecule has 4 heteroatoms. The van der Waals surface area contributed by atoms with Crippen LogP contribution in [0, 0.1) is 5.92 Å². The van der Waals surface area contributed by atoms with Crippen LogP contribution in [0.15, 0.2) is 24.3 Å². The van der Waals surface area contributed by atoms with Crippen LogP contribution in [0.3, 0.4) is 0 Å². The number of amides is 1. The first-order valence-corrected chi connectivity index (χ1v) is 5.98. The molecular formula is C14H17NO3. The maximum absolute atomic E-state index is 11.8. The van der Waals surface area contributed by atoms with Crippen molar-refractivity contribution in [3.05, 3.63) is 29.8 Å². The number of likely N-dealkylation sites (tertiary alicyclic amines) is 1. The molecule has 1 fully saturated rings. The number of Topliss-reactive ketones (excluding diaryl/α,β-unsaturated/α-hetero) is 1. The Morgan fingerprint density at radius 2 is 2.17 bits per heavy atom. The summed E-state index contributed by atoms with van der Waals surface area (Å²) in [5.41, 5.74) is 1.01. The highest BCUT2D eigenvalue weighted by Gasteiger charge is 2.46. The Hall–Kier alpha value is -1.84.